The van der Waals surface area contributed by atoms with Crippen LogP contribution in [0.15, 0.2) is 30.6 Å². The van der Waals surface area contributed by atoms with Gasteiger partial charge in [-0.1, -0.05) is 23.8 Å². The fourth-order valence-electron chi connectivity index (χ4n) is 3.63. The van der Waals surface area contributed by atoms with Crippen LogP contribution < -0.4 is 0 Å². The molecule has 0 radical (unpaired) electrons. The Morgan fingerprint density at radius 2 is 2.20 bits per heavy atom. The molecule has 1 aromatic heterocycles. The quantitative estimate of drug-likeness (QED) is 0.930. The van der Waals surface area contributed by atoms with Gasteiger partial charge in [-0.05, 0) is 37.8 Å². The summed E-state index contributed by atoms with van der Waals surface area (Å²) in [5.74, 6) is 0.858. The van der Waals surface area contributed by atoms with Gasteiger partial charge in [0.25, 0.3) is 0 Å². The average Bonchev–Trinajstić information content (AvgIpc) is 3.03. The Morgan fingerprint density at radius 3 is 2.92 bits per heavy atom. The monoisotopic (exact) mass is 341 g/mol. The molecule has 0 spiro atoms. The van der Waals surface area contributed by atoms with Crippen LogP contribution in [-0.4, -0.2) is 38.6 Å². The van der Waals surface area contributed by atoms with E-state index in [0.29, 0.717) is 18.8 Å². The Labute approximate surface area is 149 Å². The van der Waals surface area contributed by atoms with Gasteiger partial charge in [0.05, 0.1) is 6.42 Å². The predicted octanol–water partition coefficient (Wildman–Crippen LogP) is 2.55. The normalized spacial score (nSPS) is 19.0. The second-order valence-electron chi connectivity index (χ2n) is 7.19. The number of hydrogen-bond acceptors (Lipinski definition) is 3. The van der Waals surface area contributed by atoms with Gasteiger partial charge in [0.1, 0.15) is 11.9 Å². The van der Waals surface area contributed by atoms with Gasteiger partial charge < -0.3 is 14.6 Å². The topological polar surface area (TPSA) is 58.4 Å². The first-order valence-corrected chi connectivity index (χ1v) is 8.95. The molecule has 0 bridgehead atoms. The standard InChI is InChI=1S/C20H27N3O2/c1-14-6-7-15(2)17(11-14)12-18(24)23-9-4-5-16(13-23)19(25)20-21-8-10-22(20)3/h6-8,10-11,16,19,25H,4-5,9,12-13H2,1-3H3. The number of carbonyl (C=O) groups excluding carboxylic acids is 1. The smallest absolute Gasteiger partial charge is 0.227 e. The SMILES string of the molecule is Cc1ccc(C)c(CC(=O)N2CCCC(C(O)c3nccn3C)C2)c1. The first kappa shape index (κ1) is 17.7. The lowest BCUT2D eigenvalue weighted by molar-refractivity contribution is -0.133. The zero-order valence-electron chi connectivity index (χ0n) is 15.3. The van der Waals surface area contributed by atoms with E-state index in [4.69, 9.17) is 0 Å². The summed E-state index contributed by atoms with van der Waals surface area (Å²) in [4.78, 5) is 18.9. The van der Waals surface area contributed by atoms with E-state index in [-0.39, 0.29) is 11.8 Å². The Morgan fingerprint density at radius 1 is 1.40 bits per heavy atom. The van der Waals surface area contributed by atoms with Gasteiger partial charge in [0, 0.05) is 38.4 Å². The van der Waals surface area contributed by atoms with E-state index in [2.05, 4.69) is 23.2 Å². The molecule has 1 saturated heterocycles. The van der Waals surface area contributed by atoms with Crippen molar-refractivity contribution in [2.24, 2.45) is 13.0 Å². The van der Waals surface area contributed by atoms with Crippen molar-refractivity contribution in [3.05, 3.63) is 53.1 Å². The molecular weight excluding hydrogens is 314 g/mol. The van der Waals surface area contributed by atoms with Gasteiger partial charge in [-0.25, -0.2) is 4.98 Å². The van der Waals surface area contributed by atoms with Crippen molar-refractivity contribution in [2.45, 2.75) is 39.2 Å². The van der Waals surface area contributed by atoms with Crippen molar-refractivity contribution < 1.29 is 9.90 Å². The summed E-state index contributed by atoms with van der Waals surface area (Å²) in [6.07, 6.45) is 5.18. The maximum Gasteiger partial charge on any atom is 0.227 e. The van der Waals surface area contributed by atoms with Crippen molar-refractivity contribution in [2.75, 3.05) is 13.1 Å². The fraction of sp³-hybridized carbons (Fsp3) is 0.500. The van der Waals surface area contributed by atoms with Crippen molar-refractivity contribution in [1.82, 2.24) is 14.5 Å². The van der Waals surface area contributed by atoms with Crippen LogP contribution in [0.25, 0.3) is 0 Å². The highest BCUT2D eigenvalue weighted by molar-refractivity contribution is 5.79. The third-order valence-electron chi connectivity index (χ3n) is 5.23. The highest BCUT2D eigenvalue weighted by Crippen LogP contribution is 2.29. The first-order chi connectivity index (χ1) is 12.0. The lowest BCUT2D eigenvalue weighted by Crippen LogP contribution is -2.42. The number of rotatable bonds is 4. The van der Waals surface area contributed by atoms with Crippen LogP contribution in [0.4, 0.5) is 0 Å². The summed E-state index contributed by atoms with van der Waals surface area (Å²) < 4.78 is 1.85. The number of benzene rings is 1. The summed E-state index contributed by atoms with van der Waals surface area (Å²) in [5, 5.41) is 10.7. The van der Waals surface area contributed by atoms with E-state index in [9.17, 15) is 9.90 Å². The molecule has 1 aromatic carbocycles. The molecule has 25 heavy (non-hydrogen) atoms. The van der Waals surface area contributed by atoms with Gasteiger partial charge in [-0.15, -0.1) is 0 Å². The molecule has 2 atom stereocenters. The van der Waals surface area contributed by atoms with E-state index in [0.717, 1.165) is 30.5 Å². The zero-order valence-corrected chi connectivity index (χ0v) is 15.3. The molecule has 5 nitrogen and oxygen atoms in total. The highest BCUT2D eigenvalue weighted by atomic mass is 16.3. The molecule has 1 N–H and O–H groups in total. The largest absolute Gasteiger partial charge is 0.385 e. The van der Waals surface area contributed by atoms with Gasteiger partial charge in [-0.2, -0.15) is 0 Å². The molecule has 2 unspecified atom stereocenters. The summed E-state index contributed by atoms with van der Waals surface area (Å²) in [6.45, 7) is 5.46. The average molecular weight is 341 g/mol. The van der Waals surface area contributed by atoms with Crippen LogP contribution in [0.3, 0.4) is 0 Å². The number of piperidine rings is 1. The highest BCUT2D eigenvalue weighted by Gasteiger charge is 2.31. The number of aromatic nitrogens is 2. The summed E-state index contributed by atoms with van der Waals surface area (Å²) in [6, 6.07) is 6.24. The van der Waals surface area contributed by atoms with Crippen LogP contribution in [0.1, 0.15) is 41.5 Å². The molecule has 1 amide bonds. The fourth-order valence-corrected chi connectivity index (χ4v) is 3.63. The second-order valence-corrected chi connectivity index (χ2v) is 7.19. The third-order valence-corrected chi connectivity index (χ3v) is 5.23. The number of aryl methyl sites for hydroxylation is 3. The number of aliphatic hydroxyl groups is 1. The molecule has 0 aliphatic carbocycles. The molecule has 0 saturated carbocycles. The van der Waals surface area contributed by atoms with E-state index in [1.165, 1.54) is 5.56 Å². The minimum absolute atomic E-state index is 0.0393. The number of imidazole rings is 1. The van der Waals surface area contributed by atoms with Gasteiger partial charge >= 0.3 is 0 Å². The summed E-state index contributed by atoms with van der Waals surface area (Å²) in [5.41, 5.74) is 3.42. The minimum atomic E-state index is -0.628. The first-order valence-electron chi connectivity index (χ1n) is 8.95. The second kappa shape index (κ2) is 7.40. The number of hydrogen-bond donors (Lipinski definition) is 1. The number of aliphatic hydroxyl groups excluding tert-OH is 1. The minimum Gasteiger partial charge on any atom is -0.385 e. The molecule has 5 heteroatoms. The van der Waals surface area contributed by atoms with Gasteiger partial charge in [0.2, 0.25) is 5.91 Å². The Hall–Kier alpha value is -2.14. The van der Waals surface area contributed by atoms with Crippen LogP contribution in [0.2, 0.25) is 0 Å². The molecule has 1 aliphatic rings. The zero-order chi connectivity index (χ0) is 18.0. The number of likely N-dealkylation sites (tertiary alicyclic amines) is 1. The van der Waals surface area contributed by atoms with E-state index >= 15 is 0 Å². The molecule has 1 fully saturated rings. The number of carbonyl (C=O) groups is 1. The van der Waals surface area contributed by atoms with Crippen LogP contribution >= 0.6 is 0 Å². The van der Waals surface area contributed by atoms with Crippen LogP contribution in [0, 0.1) is 19.8 Å². The van der Waals surface area contributed by atoms with Crippen LogP contribution in [0.5, 0.6) is 0 Å². The Balaban J connectivity index is 1.67. The summed E-state index contributed by atoms with van der Waals surface area (Å²) in [7, 11) is 1.89. The predicted molar refractivity (Wildman–Crippen MR) is 97.1 cm³/mol. The molecule has 2 aromatic rings. The van der Waals surface area contributed by atoms with E-state index in [1.54, 1.807) is 6.20 Å². The van der Waals surface area contributed by atoms with Crippen LogP contribution in [-0.2, 0) is 18.3 Å². The lowest BCUT2D eigenvalue weighted by atomic mass is 9.91. The molecule has 3 rings (SSSR count). The number of nitrogens with zero attached hydrogens (tertiary/aromatic N) is 3. The lowest BCUT2D eigenvalue weighted by Gasteiger charge is -2.35. The van der Waals surface area contributed by atoms with Crippen molar-refractivity contribution in [3.63, 3.8) is 0 Å². The van der Waals surface area contributed by atoms with Gasteiger partial charge in [0.15, 0.2) is 0 Å². The van der Waals surface area contributed by atoms with Gasteiger partial charge in [-0.3, -0.25) is 4.79 Å². The van der Waals surface area contributed by atoms with Crippen molar-refractivity contribution in [1.29, 1.82) is 0 Å². The molecule has 134 valence electrons. The van der Waals surface area contributed by atoms with Crippen molar-refractivity contribution >= 4 is 5.91 Å². The molecular formula is C20H27N3O2. The Kier molecular flexibility index (Phi) is 5.23. The molecule has 2 heterocycles. The van der Waals surface area contributed by atoms with E-state index < -0.39 is 6.10 Å². The maximum atomic E-state index is 12.8. The molecule has 1 aliphatic heterocycles. The van der Waals surface area contributed by atoms with E-state index in [1.807, 2.05) is 36.6 Å². The Bertz CT molecular complexity index is 753. The number of amides is 1. The maximum absolute atomic E-state index is 12.8. The van der Waals surface area contributed by atoms with Crippen molar-refractivity contribution in [3.8, 4) is 0 Å². The third kappa shape index (κ3) is 3.93. The summed E-state index contributed by atoms with van der Waals surface area (Å²) >= 11 is 0.